The molecule has 0 aliphatic heterocycles. The first kappa shape index (κ1) is 17.7. The molecule has 118 valence electrons. The number of nitrogen functional groups attached to an aromatic ring is 1. The molecule has 0 bridgehead atoms. The summed E-state index contributed by atoms with van der Waals surface area (Å²) in [5.74, 6) is 0.224. The van der Waals surface area contributed by atoms with Crippen molar-refractivity contribution in [2.75, 3.05) is 5.73 Å². The molecule has 2 nitrogen and oxygen atoms in total. The minimum atomic E-state index is 0.224. The van der Waals surface area contributed by atoms with E-state index < -0.39 is 0 Å². The summed E-state index contributed by atoms with van der Waals surface area (Å²) in [4.78, 5) is 12.0. The second-order valence-electron chi connectivity index (χ2n) is 5.98. The number of unbranched alkanes of at least 4 members (excludes halogenated alkanes) is 9. The van der Waals surface area contributed by atoms with E-state index in [1.807, 2.05) is 18.2 Å². The van der Waals surface area contributed by atoms with Gasteiger partial charge in [-0.1, -0.05) is 76.8 Å². The molecule has 0 atom stereocenters. The molecule has 0 saturated carbocycles. The predicted octanol–water partition coefficient (Wildman–Crippen LogP) is 5.76. The molecule has 0 fully saturated rings. The third kappa shape index (κ3) is 8.54. The molecule has 0 unspecified atom stereocenters. The molecular weight excluding hydrogens is 258 g/mol. The van der Waals surface area contributed by atoms with Crippen molar-refractivity contribution >= 4 is 11.5 Å². The number of hydrogen-bond acceptors (Lipinski definition) is 2. The van der Waals surface area contributed by atoms with Crippen molar-refractivity contribution in [3.63, 3.8) is 0 Å². The van der Waals surface area contributed by atoms with Gasteiger partial charge in [-0.3, -0.25) is 4.79 Å². The summed E-state index contributed by atoms with van der Waals surface area (Å²) in [6.07, 6.45) is 13.6. The molecule has 21 heavy (non-hydrogen) atoms. The Morgan fingerprint density at radius 1 is 0.905 bits per heavy atom. The van der Waals surface area contributed by atoms with E-state index in [2.05, 4.69) is 6.92 Å². The highest BCUT2D eigenvalue weighted by Gasteiger charge is 2.05. The zero-order valence-corrected chi connectivity index (χ0v) is 13.6. The predicted molar refractivity (Wildman–Crippen MR) is 91.6 cm³/mol. The molecule has 2 N–H and O–H groups in total. The largest absolute Gasteiger partial charge is 0.399 e. The van der Waals surface area contributed by atoms with Gasteiger partial charge >= 0.3 is 0 Å². The second-order valence-corrected chi connectivity index (χ2v) is 5.98. The van der Waals surface area contributed by atoms with Crippen molar-refractivity contribution in [1.29, 1.82) is 0 Å². The van der Waals surface area contributed by atoms with Gasteiger partial charge in [0, 0.05) is 17.7 Å². The zero-order chi connectivity index (χ0) is 15.3. The van der Waals surface area contributed by atoms with E-state index in [1.54, 1.807) is 6.07 Å². The van der Waals surface area contributed by atoms with Crippen molar-refractivity contribution in [3.05, 3.63) is 29.8 Å². The number of benzene rings is 1. The van der Waals surface area contributed by atoms with E-state index in [0.717, 1.165) is 12.0 Å². The van der Waals surface area contributed by atoms with Gasteiger partial charge in [-0.2, -0.15) is 0 Å². The van der Waals surface area contributed by atoms with Crippen LogP contribution in [0.25, 0.3) is 0 Å². The maximum absolute atomic E-state index is 12.0. The Morgan fingerprint density at radius 2 is 1.48 bits per heavy atom. The highest BCUT2D eigenvalue weighted by molar-refractivity contribution is 5.96. The molecule has 1 rings (SSSR count). The molecule has 0 radical (unpaired) electrons. The van der Waals surface area contributed by atoms with Crippen LogP contribution < -0.4 is 5.73 Å². The number of carbonyl (C=O) groups is 1. The van der Waals surface area contributed by atoms with E-state index in [4.69, 9.17) is 5.73 Å². The minimum absolute atomic E-state index is 0.224. The summed E-state index contributed by atoms with van der Waals surface area (Å²) in [6, 6.07) is 7.30. The van der Waals surface area contributed by atoms with Crippen molar-refractivity contribution in [2.45, 2.75) is 77.6 Å². The van der Waals surface area contributed by atoms with E-state index in [9.17, 15) is 4.79 Å². The van der Waals surface area contributed by atoms with Crippen LogP contribution in [0, 0.1) is 0 Å². The van der Waals surface area contributed by atoms with Crippen molar-refractivity contribution in [3.8, 4) is 0 Å². The van der Waals surface area contributed by atoms with Gasteiger partial charge in [0.1, 0.15) is 0 Å². The monoisotopic (exact) mass is 289 g/mol. The Hall–Kier alpha value is -1.31. The number of ketones is 1. The molecule has 1 aromatic carbocycles. The lowest BCUT2D eigenvalue weighted by Crippen LogP contribution is -1.99. The maximum Gasteiger partial charge on any atom is 0.162 e. The Labute approximate surface area is 130 Å². The number of anilines is 1. The van der Waals surface area contributed by atoms with Gasteiger partial charge in [0.2, 0.25) is 0 Å². The molecule has 0 amide bonds. The van der Waals surface area contributed by atoms with Crippen LogP contribution in [0.4, 0.5) is 5.69 Å². The van der Waals surface area contributed by atoms with Crippen LogP contribution >= 0.6 is 0 Å². The summed E-state index contributed by atoms with van der Waals surface area (Å²) in [7, 11) is 0. The number of hydrogen-bond donors (Lipinski definition) is 1. The lowest BCUT2D eigenvalue weighted by atomic mass is 10.0. The first-order valence-corrected chi connectivity index (χ1v) is 8.62. The highest BCUT2D eigenvalue weighted by Crippen LogP contribution is 2.14. The van der Waals surface area contributed by atoms with Gasteiger partial charge < -0.3 is 5.73 Å². The van der Waals surface area contributed by atoms with Crippen molar-refractivity contribution in [1.82, 2.24) is 0 Å². The average Bonchev–Trinajstić information content (AvgIpc) is 2.49. The normalized spacial score (nSPS) is 10.7. The Morgan fingerprint density at radius 3 is 2.05 bits per heavy atom. The van der Waals surface area contributed by atoms with E-state index >= 15 is 0 Å². The third-order valence-corrected chi connectivity index (χ3v) is 3.97. The van der Waals surface area contributed by atoms with Gasteiger partial charge in [-0.15, -0.1) is 0 Å². The van der Waals surface area contributed by atoms with E-state index in [-0.39, 0.29) is 5.78 Å². The standard InChI is InChI=1S/C19H31NO/c1-2-3-4-5-6-7-8-9-10-11-15-19(21)17-13-12-14-18(20)16-17/h12-14,16H,2-11,15,20H2,1H3. The number of Topliss-reactive ketones (excluding diaryl/α,β-unsaturated/α-hetero) is 1. The molecular formula is C19H31NO. The van der Waals surface area contributed by atoms with Crippen molar-refractivity contribution in [2.24, 2.45) is 0 Å². The van der Waals surface area contributed by atoms with Crippen LogP contribution in [-0.2, 0) is 0 Å². The quantitative estimate of drug-likeness (QED) is 0.302. The Kier molecular flexibility index (Phi) is 9.60. The third-order valence-electron chi connectivity index (χ3n) is 3.97. The molecule has 0 aliphatic carbocycles. The van der Waals surface area contributed by atoms with E-state index in [0.29, 0.717) is 12.1 Å². The number of nitrogens with two attached hydrogens (primary N) is 1. The summed E-state index contributed by atoms with van der Waals surface area (Å²) >= 11 is 0. The van der Waals surface area contributed by atoms with Crippen LogP contribution in [-0.4, -0.2) is 5.78 Å². The molecule has 0 aromatic heterocycles. The average molecular weight is 289 g/mol. The van der Waals surface area contributed by atoms with Crippen LogP contribution in [0.15, 0.2) is 24.3 Å². The van der Waals surface area contributed by atoms with Crippen molar-refractivity contribution < 1.29 is 4.79 Å². The first-order chi connectivity index (χ1) is 10.2. The topological polar surface area (TPSA) is 43.1 Å². The molecule has 0 saturated heterocycles. The van der Waals surface area contributed by atoms with E-state index in [1.165, 1.54) is 57.8 Å². The summed E-state index contributed by atoms with van der Waals surface area (Å²) in [6.45, 7) is 2.26. The maximum atomic E-state index is 12.0. The molecule has 0 spiro atoms. The summed E-state index contributed by atoms with van der Waals surface area (Å²) < 4.78 is 0. The summed E-state index contributed by atoms with van der Waals surface area (Å²) in [5, 5.41) is 0. The Balaban J connectivity index is 1.98. The Bertz CT molecular complexity index is 400. The summed E-state index contributed by atoms with van der Waals surface area (Å²) in [5.41, 5.74) is 7.12. The number of rotatable bonds is 12. The van der Waals surface area contributed by atoms with Crippen LogP contribution in [0.5, 0.6) is 0 Å². The molecule has 1 aromatic rings. The van der Waals surface area contributed by atoms with Gasteiger partial charge in [0.15, 0.2) is 5.78 Å². The van der Waals surface area contributed by atoms with Gasteiger partial charge in [-0.25, -0.2) is 0 Å². The van der Waals surface area contributed by atoms with Crippen LogP contribution in [0.3, 0.4) is 0 Å². The molecule has 0 aliphatic rings. The lowest BCUT2D eigenvalue weighted by molar-refractivity contribution is 0.0979. The molecule has 0 heterocycles. The fourth-order valence-corrected chi connectivity index (χ4v) is 2.63. The first-order valence-electron chi connectivity index (χ1n) is 8.62. The fourth-order valence-electron chi connectivity index (χ4n) is 2.63. The van der Waals surface area contributed by atoms with Gasteiger partial charge in [0.05, 0.1) is 0 Å². The number of carbonyl (C=O) groups excluding carboxylic acids is 1. The van der Waals surface area contributed by atoms with Gasteiger partial charge in [0.25, 0.3) is 0 Å². The zero-order valence-electron chi connectivity index (χ0n) is 13.6. The lowest BCUT2D eigenvalue weighted by Gasteiger charge is -2.03. The second kappa shape index (κ2) is 11.4. The van der Waals surface area contributed by atoms with Gasteiger partial charge in [-0.05, 0) is 18.6 Å². The van der Waals surface area contributed by atoms with Crippen LogP contribution in [0.1, 0.15) is 87.9 Å². The smallest absolute Gasteiger partial charge is 0.162 e. The fraction of sp³-hybridized carbons (Fsp3) is 0.632. The minimum Gasteiger partial charge on any atom is -0.399 e. The molecule has 2 heteroatoms. The SMILES string of the molecule is CCCCCCCCCCCCC(=O)c1cccc(N)c1. The highest BCUT2D eigenvalue weighted by atomic mass is 16.1. The van der Waals surface area contributed by atoms with Crippen LogP contribution in [0.2, 0.25) is 0 Å².